The van der Waals surface area contributed by atoms with Crippen LogP contribution in [0.1, 0.15) is 29.3 Å². The molecule has 1 unspecified atom stereocenters. The van der Waals surface area contributed by atoms with Crippen molar-refractivity contribution < 1.29 is 0 Å². The molecule has 0 saturated heterocycles. The largest absolute Gasteiger partial charge is 0.118 e. The molecule has 1 atom stereocenters. The number of benzene rings is 1. The molecule has 1 aromatic carbocycles. The van der Waals surface area contributed by atoms with Gasteiger partial charge in [0.2, 0.25) is 0 Å². The fourth-order valence-corrected chi connectivity index (χ4v) is 2.68. The van der Waals surface area contributed by atoms with Crippen LogP contribution in [-0.2, 0) is 6.42 Å². The first-order chi connectivity index (χ1) is 5.79. The first-order valence-corrected chi connectivity index (χ1v) is 5.43. The van der Waals surface area contributed by atoms with Gasteiger partial charge in [0.1, 0.15) is 0 Å². The van der Waals surface area contributed by atoms with Gasteiger partial charge in [-0.3, -0.25) is 0 Å². The summed E-state index contributed by atoms with van der Waals surface area (Å²) in [6.07, 6.45) is 3.49. The summed E-state index contributed by atoms with van der Waals surface area (Å²) in [4.78, 5) is 0. The number of hydrogen-bond acceptors (Lipinski definition) is 0. The third-order valence-electron chi connectivity index (χ3n) is 2.38. The monoisotopic (exact) mass is 244 g/mol. The Morgan fingerprint density at radius 1 is 1.42 bits per heavy atom. The zero-order valence-corrected chi connectivity index (χ0v) is 9.03. The second kappa shape index (κ2) is 3.39. The molecule has 1 aromatic rings. The van der Waals surface area contributed by atoms with Crippen LogP contribution in [0.15, 0.2) is 22.7 Å². The van der Waals surface area contributed by atoms with Gasteiger partial charge < -0.3 is 0 Å². The average molecular weight is 246 g/mol. The van der Waals surface area contributed by atoms with Crippen LogP contribution < -0.4 is 0 Å². The summed E-state index contributed by atoms with van der Waals surface area (Å²) in [6, 6.07) is 6.29. The Hall–Kier alpha value is -0.0100. The zero-order valence-electron chi connectivity index (χ0n) is 6.69. The van der Waals surface area contributed by atoms with E-state index in [4.69, 9.17) is 11.6 Å². The highest BCUT2D eigenvalue weighted by molar-refractivity contribution is 9.10. The van der Waals surface area contributed by atoms with Crippen molar-refractivity contribution in [3.63, 3.8) is 0 Å². The lowest BCUT2D eigenvalue weighted by molar-refractivity contribution is 0.665. The van der Waals surface area contributed by atoms with Crippen LogP contribution in [-0.4, -0.2) is 0 Å². The predicted molar refractivity (Wildman–Crippen MR) is 55.7 cm³/mol. The molecule has 2 heteroatoms. The molecule has 0 aromatic heterocycles. The van der Waals surface area contributed by atoms with E-state index in [1.54, 1.807) is 0 Å². The average Bonchev–Trinajstić information content (AvgIpc) is 2.07. The zero-order chi connectivity index (χ0) is 8.55. The maximum atomic E-state index is 6.20. The molecule has 2 rings (SSSR count). The summed E-state index contributed by atoms with van der Waals surface area (Å²) in [6.45, 7) is 0. The van der Waals surface area contributed by atoms with Crippen LogP contribution in [0, 0.1) is 0 Å². The van der Waals surface area contributed by atoms with Crippen molar-refractivity contribution in [3.8, 4) is 0 Å². The molecule has 0 heterocycles. The van der Waals surface area contributed by atoms with Crippen molar-refractivity contribution >= 4 is 27.5 Å². The number of alkyl halides is 1. The molecular weight excluding hydrogens is 235 g/mol. The Morgan fingerprint density at radius 3 is 3.00 bits per heavy atom. The summed E-state index contributed by atoms with van der Waals surface area (Å²) in [5, 5.41) is 0.228. The highest BCUT2D eigenvalue weighted by Gasteiger charge is 2.18. The summed E-state index contributed by atoms with van der Waals surface area (Å²) in [5.41, 5.74) is 2.72. The van der Waals surface area contributed by atoms with E-state index in [0.29, 0.717) is 0 Å². The molecular formula is C10H10BrCl. The van der Waals surface area contributed by atoms with Gasteiger partial charge in [0.15, 0.2) is 0 Å². The topological polar surface area (TPSA) is 0 Å². The van der Waals surface area contributed by atoms with Crippen LogP contribution in [0.25, 0.3) is 0 Å². The van der Waals surface area contributed by atoms with Gasteiger partial charge in [-0.15, -0.1) is 11.6 Å². The van der Waals surface area contributed by atoms with E-state index in [-0.39, 0.29) is 5.38 Å². The first-order valence-electron chi connectivity index (χ1n) is 4.20. The summed E-state index contributed by atoms with van der Waals surface area (Å²) < 4.78 is 1.21. The lowest BCUT2D eigenvalue weighted by Crippen LogP contribution is -2.05. The highest BCUT2D eigenvalue weighted by Crippen LogP contribution is 2.37. The molecule has 0 N–H and O–H groups in total. The predicted octanol–water partition coefficient (Wildman–Crippen LogP) is 4.07. The van der Waals surface area contributed by atoms with Gasteiger partial charge in [-0.25, -0.2) is 0 Å². The van der Waals surface area contributed by atoms with Crippen molar-refractivity contribution in [2.24, 2.45) is 0 Å². The fraction of sp³-hybridized carbons (Fsp3) is 0.400. The van der Waals surface area contributed by atoms with Crippen molar-refractivity contribution in [1.82, 2.24) is 0 Å². The Balaban J connectivity index is 2.52. The second-order valence-corrected chi connectivity index (χ2v) is 4.55. The third-order valence-corrected chi connectivity index (χ3v) is 3.57. The molecule has 0 spiro atoms. The van der Waals surface area contributed by atoms with Crippen LogP contribution in [0.4, 0.5) is 0 Å². The molecule has 12 heavy (non-hydrogen) atoms. The van der Waals surface area contributed by atoms with Gasteiger partial charge in [-0.2, -0.15) is 0 Å². The molecule has 0 amide bonds. The minimum Gasteiger partial charge on any atom is -0.118 e. The van der Waals surface area contributed by atoms with E-state index in [9.17, 15) is 0 Å². The number of rotatable bonds is 0. The van der Waals surface area contributed by atoms with Crippen molar-refractivity contribution in [2.45, 2.75) is 24.6 Å². The van der Waals surface area contributed by atoms with Gasteiger partial charge in [0.05, 0.1) is 5.38 Å². The molecule has 0 radical (unpaired) electrons. The molecule has 0 fully saturated rings. The van der Waals surface area contributed by atoms with Gasteiger partial charge in [0, 0.05) is 4.47 Å². The number of halogens is 2. The Labute approximate surface area is 86.1 Å². The van der Waals surface area contributed by atoms with E-state index >= 15 is 0 Å². The number of hydrogen-bond donors (Lipinski definition) is 0. The molecule has 0 saturated carbocycles. The van der Waals surface area contributed by atoms with E-state index in [0.717, 1.165) is 6.42 Å². The maximum Gasteiger partial charge on any atom is 0.0588 e. The number of fused-ring (bicyclic) bond motifs is 1. The summed E-state index contributed by atoms with van der Waals surface area (Å²) in [7, 11) is 0. The van der Waals surface area contributed by atoms with Crippen LogP contribution >= 0.6 is 27.5 Å². The molecule has 0 bridgehead atoms. The summed E-state index contributed by atoms with van der Waals surface area (Å²) in [5.74, 6) is 0. The van der Waals surface area contributed by atoms with Gasteiger partial charge in [-0.05, 0) is 36.5 Å². The fourth-order valence-electron chi connectivity index (χ4n) is 1.75. The molecule has 0 aliphatic heterocycles. The lowest BCUT2D eigenvalue weighted by atomic mass is 9.91. The Kier molecular flexibility index (Phi) is 2.42. The van der Waals surface area contributed by atoms with Crippen LogP contribution in [0.3, 0.4) is 0 Å². The molecule has 64 valence electrons. The molecule has 0 nitrogen and oxygen atoms in total. The van der Waals surface area contributed by atoms with E-state index in [2.05, 4.69) is 34.1 Å². The van der Waals surface area contributed by atoms with E-state index < -0.39 is 0 Å². The SMILES string of the molecule is ClC1CCCc2c(Br)cccc21. The summed E-state index contributed by atoms with van der Waals surface area (Å²) >= 11 is 9.75. The standard InChI is InChI=1S/C10H10BrCl/c11-9-5-1-4-8-7(9)3-2-6-10(8)12/h1,4-5,10H,2-3,6H2. The van der Waals surface area contributed by atoms with Crippen molar-refractivity contribution in [3.05, 3.63) is 33.8 Å². The first kappa shape index (κ1) is 8.58. The van der Waals surface area contributed by atoms with E-state index in [1.165, 1.54) is 28.4 Å². The quantitative estimate of drug-likeness (QED) is 0.605. The minimum absolute atomic E-state index is 0.228. The highest BCUT2D eigenvalue weighted by atomic mass is 79.9. The van der Waals surface area contributed by atoms with Crippen LogP contribution in [0.2, 0.25) is 0 Å². The second-order valence-electron chi connectivity index (χ2n) is 3.17. The van der Waals surface area contributed by atoms with Crippen LogP contribution in [0.5, 0.6) is 0 Å². The minimum atomic E-state index is 0.228. The molecule has 1 aliphatic rings. The van der Waals surface area contributed by atoms with Gasteiger partial charge in [0.25, 0.3) is 0 Å². The van der Waals surface area contributed by atoms with E-state index in [1.807, 2.05) is 0 Å². The maximum absolute atomic E-state index is 6.20. The molecule has 1 aliphatic carbocycles. The Morgan fingerprint density at radius 2 is 2.25 bits per heavy atom. The van der Waals surface area contributed by atoms with Gasteiger partial charge in [-0.1, -0.05) is 28.1 Å². The Bertz CT molecular complexity index is 296. The van der Waals surface area contributed by atoms with Gasteiger partial charge >= 0.3 is 0 Å². The van der Waals surface area contributed by atoms with Crippen molar-refractivity contribution in [2.75, 3.05) is 0 Å². The smallest absolute Gasteiger partial charge is 0.0588 e. The van der Waals surface area contributed by atoms with Crippen molar-refractivity contribution in [1.29, 1.82) is 0 Å². The normalized spacial score (nSPS) is 22.0. The third kappa shape index (κ3) is 1.40. The lowest BCUT2D eigenvalue weighted by Gasteiger charge is -2.21.